The van der Waals surface area contributed by atoms with Gasteiger partial charge in [-0.25, -0.2) is 0 Å². The molecule has 0 spiro atoms. The van der Waals surface area contributed by atoms with Gasteiger partial charge in [0, 0.05) is 0 Å². The van der Waals surface area contributed by atoms with Gasteiger partial charge in [0.05, 0.1) is 12.7 Å². The highest BCUT2D eigenvalue weighted by Crippen LogP contribution is 2.51. The Kier molecular flexibility index (Phi) is 6.44. The van der Waals surface area contributed by atoms with Crippen molar-refractivity contribution in [2.75, 3.05) is 7.11 Å². The summed E-state index contributed by atoms with van der Waals surface area (Å²) in [7, 11) is 0.959. The highest BCUT2D eigenvalue weighted by Gasteiger charge is 2.48. The van der Waals surface area contributed by atoms with Crippen LogP contribution in [0.15, 0.2) is 12.1 Å². The van der Waals surface area contributed by atoms with E-state index in [0.29, 0.717) is 24.7 Å². The molecule has 0 aliphatic heterocycles. The average molecular weight is 422 g/mol. The van der Waals surface area contributed by atoms with Crippen molar-refractivity contribution in [3.63, 3.8) is 0 Å². The van der Waals surface area contributed by atoms with Crippen molar-refractivity contribution >= 4 is 0 Å². The van der Waals surface area contributed by atoms with Crippen LogP contribution in [0.5, 0.6) is 5.75 Å². The minimum atomic E-state index is -5.14. The van der Waals surface area contributed by atoms with Gasteiger partial charge in [0.15, 0.2) is 0 Å². The Hall–Kier alpha value is -1.40. The second-order valence-corrected chi connectivity index (χ2v) is 8.73. The van der Waals surface area contributed by atoms with Gasteiger partial charge in [-0.05, 0) is 73.8 Å². The Balaban J connectivity index is 1.86. The fourth-order valence-corrected chi connectivity index (χ4v) is 5.36. The lowest BCUT2D eigenvalue weighted by atomic mass is 9.68. The van der Waals surface area contributed by atoms with Crippen molar-refractivity contribution in [1.82, 2.24) is 0 Å². The van der Waals surface area contributed by atoms with Crippen LogP contribution >= 0.6 is 0 Å². The lowest BCUT2D eigenvalue weighted by molar-refractivity contribution is -0.163. The molecular formula is C22H28F6O. The summed E-state index contributed by atoms with van der Waals surface area (Å²) >= 11 is 0. The molecule has 0 amide bonds. The van der Waals surface area contributed by atoms with Gasteiger partial charge in [0.1, 0.15) is 11.3 Å². The zero-order valence-corrected chi connectivity index (χ0v) is 16.8. The zero-order valence-electron chi connectivity index (χ0n) is 16.8. The number of hydrogen-bond acceptors (Lipinski definition) is 1. The third-order valence-corrected chi connectivity index (χ3v) is 6.93. The van der Waals surface area contributed by atoms with E-state index in [-0.39, 0.29) is 5.56 Å². The van der Waals surface area contributed by atoms with Crippen molar-refractivity contribution in [2.45, 2.75) is 76.6 Å². The SMILES string of the molecule is COc1ccc(C2CCC(C3CCC(C)CC3)CC2)c(C(F)(F)F)c1C(F)(F)F. The predicted molar refractivity (Wildman–Crippen MR) is 98.8 cm³/mol. The minimum Gasteiger partial charge on any atom is -0.496 e. The van der Waals surface area contributed by atoms with E-state index in [9.17, 15) is 26.3 Å². The molecule has 0 atom stereocenters. The molecule has 164 valence electrons. The van der Waals surface area contributed by atoms with Crippen LogP contribution in [-0.4, -0.2) is 7.11 Å². The van der Waals surface area contributed by atoms with E-state index in [1.165, 1.54) is 18.9 Å². The first-order valence-electron chi connectivity index (χ1n) is 10.4. The molecule has 1 aromatic rings. The van der Waals surface area contributed by atoms with Crippen LogP contribution in [0, 0.1) is 17.8 Å². The lowest BCUT2D eigenvalue weighted by Crippen LogP contribution is -2.26. The maximum Gasteiger partial charge on any atom is 0.420 e. The first-order valence-corrected chi connectivity index (χ1v) is 10.4. The Morgan fingerprint density at radius 3 is 1.66 bits per heavy atom. The van der Waals surface area contributed by atoms with Crippen molar-refractivity contribution < 1.29 is 31.1 Å². The summed E-state index contributed by atoms with van der Waals surface area (Å²) in [6, 6.07) is 2.21. The zero-order chi connectivity index (χ0) is 21.4. The summed E-state index contributed by atoms with van der Waals surface area (Å²) in [6.45, 7) is 2.24. The van der Waals surface area contributed by atoms with E-state index in [0.717, 1.165) is 44.8 Å². The number of ether oxygens (including phenoxy) is 1. The Labute approximate surface area is 167 Å². The second kappa shape index (κ2) is 8.38. The minimum absolute atomic E-state index is 0.235. The van der Waals surface area contributed by atoms with E-state index < -0.39 is 35.1 Å². The monoisotopic (exact) mass is 422 g/mol. The third-order valence-electron chi connectivity index (χ3n) is 6.93. The Morgan fingerprint density at radius 1 is 0.724 bits per heavy atom. The largest absolute Gasteiger partial charge is 0.496 e. The maximum atomic E-state index is 13.8. The van der Waals surface area contributed by atoms with Crippen LogP contribution < -0.4 is 4.74 Å². The molecule has 0 saturated heterocycles. The second-order valence-electron chi connectivity index (χ2n) is 8.73. The fourth-order valence-electron chi connectivity index (χ4n) is 5.36. The molecule has 0 aromatic heterocycles. The highest BCUT2D eigenvalue weighted by atomic mass is 19.4. The Bertz CT molecular complexity index is 692. The number of methoxy groups -OCH3 is 1. The number of hydrogen-bond donors (Lipinski definition) is 0. The third kappa shape index (κ3) is 4.85. The van der Waals surface area contributed by atoms with Crippen LogP contribution in [0.4, 0.5) is 26.3 Å². The summed E-state index contributed by atoms with van der Waals surface area (Å²) in [5.41, 5.74) is -3.51. The fraction of sp³-hybridized carbons (Fsp3) is 0.727. The van der Waals surface area contributed by atoms with Gasteiger partial charge >= 0.3 is 12.4 Å². The van der Waals surface area contributed by atoms with Gasteiger partial charge in [-0.1, -0.05) is 25.8 Å². The van der Waals surface area contributed by atoms with Crippen LogP contribution in [0.2, 0.25) is 0 Å². The number of rotatable bonds is 3. The molecule has 29 heavy (non-hydrogen) atoms. The van der Waals surface area contributed by atoms with Crippen molar-refractivity contribution in [3.05, 3.63) is 28.8 Å². The van der Waals surface area contributed by atoms with E-state index in [4.69, 9.17) is 0 Å². The molecule has 0 heterocycles. The van der Waals surface area contributed by atoms with Gasteiger partial charge in [0.25, 0.3) is 0 Å². The van der Waals surface area contributed by atoms with E-state index in [2.05, 4.69) is 11.7 Å². The molecule has 2 fully saturated rings. The summed E-state index contributed by atoms with van der Waals surface area (Å²) in [6.07, 6.45) is -2.95. The summed E-state index contributed by atoms with van der Waals surface area (Å²) in [5, 5.41) is 0. The van der Waals surface area contributed by atoms with Gasteiger partial charge in [-0.3, -0.25) is 0 Å². The van der Waals surface area contributed by atoms with Crippen molar-refractivity contribution in [2.24, 2.45) is 17.8 Å². The normalized spacial score (nSPS) is 29.0. The molecule has 0 N–H and O–H groups in total. The van der Waals surface area contributed by atoms with Crippen LogP contribution in [0.1, 0.15) is 80.9 Å². The summed E-state index contributed by atoms with van der Waals surface area (Å²) < 4.78 is 86.5. The molecule has 2 saturated carbocycles. The standard InChI is InChI=1S/C22H28F6O/c1-13-3-5-14(6-4-13)15-7-9-16(10-8-15)17-11-12-18(29-2)20(22(26,27)28)19(17)21(23,24)25/h11-16H,3-10H2,1-2H3. The maximum absolute atomic E-state index is 13.8. The average Bonchev–Trinajstić information content (AvgIpc) is 2.66. The molecule has 2 aliphatic carbocycles. The van der Waals surface area contributed by atoms with E-state index in [1.807, 2.05) is 0 Å². The summed E-state index contributed by atoms with van der Waals surface area (Å²) in [5.74, 6) is 0.539. The van der Waals surface area contributed by atoms with Gasteiger partial charge in [0.2, 0.25) is 0 Å². The molecule has 1 aromatic carbocycles. The molecule has 0 unspecified atom stereocenters. The topological polar surface area (TPSA) is 9.23 Å². The van der Waals surface area contributed by atoms with Gasteiger partial charge in [-0.2, -0.15) is 26.3 Å². The molecule has 3 rings (SSSR count). The van der Waals surface area contributed by atoms with Crippen LogP contribution in [-0.2, 0) is 12.4 Å². The van der Waals surface area contributed by atoms with Crippen molar-refractivity contribution in [3.8, 4) is 5.75 Å². The number of benzene rings is 1. The lowest BCUT2D eigenvalue weighted by Gasteiger charge is -2.38. The molecule has 0 radical (unpaired) electrons. The van der Waals surface area contributed by atoms with Gasteiger partial charge in [-0.15, -0.1) is 0 Å². The van der Waals surface area contributed by atoms with Crippen LogP contribution in [0.25, 0.3) is 0 Å². The predicted octanol–water partition coefficient (Wildman–Crippen LogP) is 7.83. The first-order chi connectivity index (χ1) is 13.5. The highest BCUT2D eigenvalue weighted by molar-refractivity contribution is 5.50. The first kappa shape index (κ1) is 22.3. The molecule has 2 aliphatic rings. The smallest absolute Gasteiger partial charge is 0.420 e. The molecular weight excluding hydrogens is 394 g/mol. The number of halogens is 6. The molecule has 7 heteroatoms. The molecule has 0 bridgehead atoms. The van der Waals surface area contributed by atoms with Crippen LogP contribution in [0.3, 0.4) is 0 Å². The quantitative estimate of drug-likeness (QED) is 0.451. The summed E-state index contributed by atoms with van der Waals surface area (Å²) in [4.78, 5) is 0. The molecule has 1 nitrogen and oxygen atoms in total. The van der Waals surface area contributed by atoms with E-state index in [1.54, 1.807) is 0 Å². The number of alkyl halides is 6. The van der Waals surface area contributed by atoms with Crippen molar-refractivity contribution in [1.29, 1.82) is 0 Å². The Morgan fingerprint density at radius 2 is 1.21 bits per heavy atom. The van der Waals surface area contributed by atoms with Gasteiger partial charge < -0.3 is 4.74 Å². The van der Waals surface area contributed by atoms with E-state index >= 15 is 0 Å².